The highest BCUT2D eigenvalue weighted by atomic mass is 16.6. The second kappa shape index (κ2) is 6.67. The van der Waals surface area contributed by atoms with Crippen LogP contribution in [0.4, 0.5) is 5.69 Å². The Labute approximate surface area is 124 Å². The highest BCUT2D eigenvalue weighted by Gasteiger charge is 2.28. The van der Waals surface area contributed by atoms with Gasteiger partial charge in [-0.25, -0.2) is 0 Å². The molecule has 1 aromatic carbocycles. The molecule has 0 bridgehead atoms. The molecule has 1 rings (SSSR count). The van der Waals surface area contributed by atoms with Gasteiger partial charge in [-0.05, 0) is 33.3 Å². The summed E-state index contributed by atoms with van der Waals surface area (Å²) in [6, 6.07) is 6.38. The molecule has 1 unspecified atom stereocenters. The molecule has 0 radical (unpaired) electrons. The Balaban J connectivity index is 3.04. The second-order valence-electron chi connectivity index (χ2n) is 6.04. The summed E-state index contributed by atoms with van der Waals surface area (Å²) in [5.41, 5.74) is 0.621. The number of aliphatic carboxylic acids is 1. The highest BCUT2D eigenvalue weighted by molar-refractivity contribution is 5.66. The summed E-state index contributed by atoms with van der Waals surface area (Å²) in [7, 11) is 0. The molecular weight excluding hydrogens is 272 g/mol. The molecule has 0 aromatic heterocycles. The maximum absolute atomic E-state index is 10.9. The topological polar surface area (TPSA) is 83.7 Å². The third kappa shape index (κ3) is 4.82. The van der Waals surface area contributed by atoms with E-state index in [0.717, 1.165) is 5.56 Å². The fourth-order valence-electron chi connectivity index (χ4n) is 2.40. The van der Waals surface area contributed by atoms with Crippen molar-refractivity contribution in [1.29, 1.82) is 0 Å². The second-order valence-corrected chi connectivity index (χ2v) is 6.04. The van der Waals surface area contributed by atoms with Gasteiger partial charge < -0.3 is 5.11 Å². The number of nitro groups is 1. The quantitative estimate of drug-likeness (QED) is 0.643. The molecule has 0 aliphatic carbocycles. The molecule has 1 N–H and O–H groups in total. The number of benzene rings is 1. The van der Waals surface area contributed by atoms with E-state index in [9.17, 15) is 14.9 Å². The summed E-state index contributed by atoms with van der Waals surface area (Å²) in [5.74, 6) is -0.851. The Morgan fingerprint density at radius 3 is 2.52 bits per heavy atom. The molecule has 6 nitrogen and oxygen atoms in total. The van der Waals surface area contributed by atoms with Gasteiger partial charge in [-0.15, -0.1) is 0 Å². The molecule has 0 aliphatic rings. The number of carboxylic acid groups (broad SMARTS) is 1. The third-order valence-corrected chi connectivity index (χ3v) is 3.46. The van der Waals surface area contributed by atoms with Crippen LogP contribution >= 0.6 is 0 Å². The van der Waals surface area contributed by atoms with Crippen molar-refractivity contribution in [3.05, 3.63) is 39.9 Å². The minimum absolute atomic E-state index is 0.0382. The van der Waals surface area contributed by atoms with Gasteiger partial charge in [-0.2, -0.15) is 0 Å². The zero-order valence-corrected chi connectivity index (χ0v) is 12.9. The maximum atomic E-state index is 10.9. The smallest absolute Gasteiger partial charge is 0.304 e. The van der Waals surface area contributed by atoms with Gasteiger partial charge in [0.25, 0.3) is 5.69 Å². The van der Waals surface area contributed by atoms with Crippen LogP contribution in [-0.2, 0) is 4.79 Å². The molecule has 0 fully saturated rings. The average Bonchev–Trinajstić information content (AvgIpc) is 2.36. The van der Waals surface area contributed by atoms with Crippen LogP contribution < -0.4 is 0 Å². The third-order valence-electron chi connectivity index (χ3n) is 3.46. The fourth-order valence-corrected chi connectivity index (χ4v) is 2.40. The molecule has 21 heavy (non-hydrogen) atoms. The lowest BCUT2D eigenvalue weighted by Crippen LogP contribution is -2.44. The van der Waals surface area contributed by atoms with E-state index in [0.29, 0.717) is 6.54 Å². The first-order valence-electron chi connectivity index (χ1n) is 6.86. The maximum Gasteiger partial charge on any atom is 0.304 e. The summed E-state index contributed by atoms with van der Waals surface area (Å²) >= 11 is 0. The predicted octanol–water partition coefficient (Wildman–Crippen LogP) is 3.23. The predicted molar refractivity (Wildman–Crippen MR) is 80.2 cm³/mol. The minimum atomic E-state index is -0.851. The standard InChI is InChI=1S/C15H22N2O4/c1-11(12-6-5-7-13(10-12)17(20)21)16(15(2,3)4)9-8-14(18)19/h5-7,10-11H,8-9H2,1-4H3,(H,18,19). The molecular formula is C15H22N2O4. The zero-order chi connectivity index (χ0) is 16.2. The van der Waals surface area contributed by atoms with E-state index >= 15 is 0 Å². The van der Waals surface area contributed by atoms with Crippen LogP contribution in [0.3, 0.4) is 0 Å². The van der Waals surface area contributed by atoms with Crippen molar-refractivity contribution >= 4 is 11.7 Å². The molecule has 0 heterocycles. The molecule has 116 valence electrons. The summed E-state index contributed by atoms with van der Waals surface area (Å²) in [5, 5.41) is 19.8. The molecule has 0 spiro atoms. The van der Waals surface area contributed by atoms with Crippen LogP contribution in [0.15, 0.2) is 24.3 Å². The number of rotatable bonds is 6. The van der Waals surface area contributed by atoms with E-state index in [1.165, 1.54) is 6.07 Å². The Morgan fingerprint density at radius 2 is 2.05 bits per heavy atom. The fraction of sp³-hybridized carbons (Fsp3) is 0.533. The number of hydrogen-bond acceptors (Lipinski definition) is 4. The first-order valence-corrected chi connectivity index (χ1v) is 6.86. The van der Waals surface area contributed by atoms with Gasteiger partial charge in [0.15, 0.2) is 0 Å². The molecule has 0 amide bonds. The van der Waals surface area contributed by atoms with Crippen LogP contribution in [0.2, 0.25) is 0 Å². The Hall–Kier alpha value is -1.95. The Kier molecular flexibility index (Phi) is 5.43. The number of nitrogens with zero attached hydrogens (tertiary/aromatic N) is 2. The molecule has 0 aliphatic heterocycles. The van der Waals surface area contributed by atoms with E-state index in [1.807, 2.05) is 38.7 Å². The van der Waals surface area contributed by atoms with E-state index in [2.05, 4.69) is 0 Å². The van der Waals surface area contributed by atoms with Crippen molar-refractivity contribution in [2.45, 2.75) is 45.7 Å². The lowest BCUT2D eigenvalue weighted by molar-refractivity contribution is -0.385. The number of carbonyl (C=O) groups is 1. The minimum Gasteiger partial charge on any atom is -0.481 e. The van der Waals surface area contributed by atoms with Crippen LogP contribution in [-0.4, -0.2) is 33.0 Å². The Morgan fingerprint density at radius 1 is 1.43 bits per heavy atom. The normalized spacial score (nSPS) is 13.2. The zero-order valence-electron chi connectivity index (χ0n) is 12.9. The van der Waals surface area contributed by atoms with Crippen LogP contribution in [0, 0.1) is 10.1 Å². The van der Waals surface area contributed by atoms with E-state index < -0.39 is 10.9 Å². The molecule has 0 saturated carbocycles. The van der Waals surface area contributed by atoms with Crippen LogP contribution in [0.1, 0.15) is 45.7 Å². The van der Waals surface area contributed by atoms with Crippen molar-refractivity contribution in [3.8, 4) is 0 Å². The van der Waals surface area contributed by atoms with Crippen molar-refractivity contribution in [1.82, 2.24) is 4.90 Å². The summed E-state index contributed by atoms with van der Waals surface area (Å²) in [6.45, 7) is 8.34. The monoisotopic (exact) mass is 294 g/mol. The van der Waals surface area contributed by atoms with Gasteiger partial charge in [-0.1, -0.05) is 12.1 Å². The molecule has 1 atom stereocenters. The van der Waals surface area contributed by atoms with Gasteiger partial charge >= 0.3 is 5.97 Å². The van der Waals surface area contributed by atoms with E-state index in [1.54, 1.807) is 12.1 Å². The number of hydrogen-bond donors (Lipinski definition) is 1. The number of nitro benzene ring substituents is 1. The SMILES string of the molecule is CC(c1cccc([N+](=O)[O-])c1)N(CCC(=O)O)C(C)(C)C. The van der Waals surface area contributed by atoms with Gasteiger partial charge in [0, 0.05) is 30.3 Å². The average molecular weight is 294 g/mol. The largest absolute Gasteiger partial charge is 0.481 e. The lowest BCUT2D eigenvalue weighted by Gasteiger charge is -2.40. The van der Waals surface area contributed by atoms with Crippen molar-refractivity contribution in [2.24, 2.45) is 0 Å². The van der Waals surface area contributed by atoms with E-state index in [4.69, 9.17) is 5.11 Å². The number of non-ortho nitro benzene ring substituents is 1. The molecule has 6 heteroatoms. The number of carboxylic acids is 1. The first kappa shape index (κ1) is 17.1. The summed E-state index contributed by atoms with van der Waals surface area (Å²) in [6.07, 6.45) is 0.0382. The van der Waals surface area contributed by atoms with Gasteiger partial charge in [0.05, 0.1) is 11.3 Å². The van der Waals surface area contributed by atoms with E-state index in [-0.39, 0.29) is 23.7 Å². The summed E-state index contributed by atoms with van der Waals surface area (Å²) in [4.78, 5) is 23.3. The Bertz CT molecular complexity index is 523. The molecule has 1 aromatic rings. The van der Waals surface area contributed by atoms with Crippen LogP contribution in [0.5, 0.6) is 0 Å². The lowest BCUT2D eigenvalue weighted by atomic mass is 9.98. The van der Waals surface area contributed by atoms with Gasteiger partial charge in [-0.3, -0.25) is 19.8 Å². The van der Waals surface area contributed by atoms with Gasteiger partial charge in [0.2, 0.25) is 0 Å². The van der Waals surface area contributed by atoms with Crippen molar-refractivity contribution in [2.75, 3.05) is 6.54 Å². The summed E-state index contributed by atoms with van der Waals surface area (Å²) < 4.78 is 0. The van der Waals surface area contributed by atoms with Crippen molar-refractivity contribution < 1.29 is 14.8 Å². The van der Waals surface area contributed by atoms with Gasteiger partial charge in [0.1, 0.15) is 0 Å². The van der Waals surface area contributed by atoms with Crippen molar-refractivity contribution in [3.63, 3.8) is 0 Å². The highest BCUT2D eigenvalue weighted by Crippen LogP contribution is 2.29. The molecule has 0 saturated heterocycles. The van der Waals surface area contributed by atoms with Crippen LogP contribution in [0.25, 0.3) is 0 Å². The first-order chi connectivity index (χ1) is 9.62.